The van der Waals surface area contributed by atoms with Crippen molar-refractivity contribution in [1.29, 1.82) is 0 Å². The number of hydrogen-bond donors (Lipinski definition) is 3. The maximum Gasteiger partial charge on any atom is 0.306 e. The van der Waals surface area contributed by atoms with Crippen molar-refractivity contribution < 1.29 is 19.4 Å². The molecule has 168 valence electrons. The van der Waals surface area contributed by atoms with Crippen LogP contribution in [-0.2, 0) is 4.79 Å². The first-order chi connectivity index (χ1) is 16.0. The van der Waals surface area contributed by atoms with E-state index in [9.17, 15) is 19.4 Å². The van der Waals surface area contributed by atoms with Crippen molar-refractivity contribution in [3.63, 3.8) is 0 Å². The highest BCUT2D eigenvalue weighted by molar-refractivity contribution is 7.22. The Morgan fingerprint density at radius 1 is 1.03 bits per heavy atom. The minimum atomic E-state index is -0.820. The molecular formula is C26H23FN2O3S. The minimum absolute atomic E-state index is 0.238. The molecule has 1 aliphatic carbocycles. The molecule has 0 spiro atoms. The van der Waals surface area contributed by atoms with Gasteiger partial charge >= 0.3 is 5.97 Å². The number of benzene rings is 3. The van der Waals surface area contributed by atoms with E-state index in [0.717, 1.165) is 45.4 Å². The van der Waals surface area contributed by atoms with Crippen LogP contribution in [0.5, 0.6) is 0 Å². The molecule has 3 aromatic carbocycles. The highest BCUT2D eigenvalue weighted by atomic mass is 32.1. The number of fused-ring (bicyclic) bond motifs is 1. The standard InChI is InChI=1S/C26H23FN2O3S/c27-18-10-13-22-23(14-18)33-26(29-22)28-19-11-8-16(9-12-19)15-4-6-17(7-5-15)24(30)20-2-1-3-21(20)25(31)32/h4-14,20-21,24,30H,1-3H2,(H,28,29)(H,31,32)/t20-,21-,24?/m1/s1. The summed E-state index contributed by atoms with van der Waals surface area (Å²) in [5.41, 5.74) is 4.43. The normalized spacial score (nSPS) is 19.0. The van der Waals surface area contributed by atoms with Gasteiger partial charge in [0.25, 0.3) is 0 Å². The Morgan fingerprint density at radius 2 is 1.73 bits per heavy atom. The Kier molecular flexibility index (Phi) is 5.83. The molecule has 33 heavy (non-hydrogen) atoms. The van der Waals surface area contributed by atoms with Gasteiger partial charge in [0.15, 0.2) is 5.13 Å². The SMILES string of the molecule is O=C(O)[C@@H]1CCC[C@H]1C(O)c1ccc(-c2ccc(Nc3nc4ccc(F)cc4s3)cc2)cc1. The van der Waals surface area contributed by atoms with Gasteiger partial charge < -0.3 is 15.5 Å². The summed E-state index contributed by atoms with van der Waals surface area (Å²) < 4.78 is 14.2. The number of aliphatic carboxylic acids is 1. The molecule has 1 heterocycles. The summed E-state index contributed by atoms with van der Waals surface area (Å²) in [5, 5.41) is 24.1. The van der Waals surface area contributed by atoms with Crippen LogP contribution >= 0.6 is 11.3 Å². The number of aliphatic hydroxyl groups excluding tert-OH is 1. The lowest BCUT2D eigenvalue weighted by molar-refractivity contribution is -0.144. The topological polar surface area (TPSA) is 82.5 Å². The predicted octanol–water partition coefficient (Wildman–Crippen LogP) is 6.38. The Morgan fingerprint density at radius 3 is 2.42 bits per heavy atom. The number of nitrogens with zero attached hydrogens (tertiary/aromatic N) is 1. The van der Waals surface area contributed by atoms with E-state index in [-0.39, 0.29) is 11.7 Å². The van der Waals surface area contributed by atoms with Gasteiger partial charge in [-0.15, -0.1) is 0 Å². The molecule has 1 fully saturated rings. The summed E-state index contributed by atoms with van der Waals surface area (Å²) in [6.45, 7) is 0. The fourth-order valence-electron chi connectivity index (χ4n) is 4.61. The van der Waals surface area contributed by atoms with Gasteiger partial charge in [-0.2, -0.15) is 0 Å². The molecule has 0 amide bonds. The molecule has 3 atom stereocenters. The smallest absolute Gasteiger partial charge is 0.306 e. The highest BCUT2D eigenvalue weighted by Crippen LogP contribution is 2.41. The average molecular weight is 463 g/mol. The lowest BCUT2D eigenvalue weighted by Gasteiger charge is -2.22. The van der Waals surface area contributed by atoms with Gasteiger partial charge in [-0.3, -0.25) is 4.79 Å². The summed E-state index contributed by atoms with van der Waals surface area (Å²) in [6.07, 6.45) is 1.43. The van der Waals surface area contributed by atoms with Crippen molar-refractivity contribution >= 4 is 38.3 Å². The molecule has 5 rings (SSSR count). The van der Waals surface area contributed by atoms with E-state index in [0.29, 0.717) is 11.6 Å². The predicted molar refractivity (Wildman–Crippen MR) is 128 cm³/mol. The first kappa shape index (κ1) is 21.6. The Labute approximate surface area is 194 Å². The maximum atomic E-state index is 13.4. The number of thiazole rings is 1. The van der Waals surface area contributed by atoms with E-state index in [2.05, 4.69) is 10.3 Å². The van der Waals surface area contributed by atoms with Gasteiger partial charge in [0, 0.05) is 11.6 Å². The number of carboxylic acids is 1. The van der Waals surface area contributed by atoms with Crippen molar-refractivity contribution in [1.82, 2.24) is 4.98 Å². The van der Waals surface area contributed by atoms with Gasteiger partial charge in [-0.25, -0.2) is 9.37 Å². The first-order valence-electron chi connectivity index (χ1n) is 10.9. The first-order valence-corrected chi connectivity index (χ1v) is 11.7. The number of rotatable bonds is 6. The van der Waals surface area contributed by atoms with E-state index < -0.39 is 18.0 Å². The summed E-state index contributed by atoms with van der Waals surface area (Å²) in [6, 6.07) is 20.1. The number of carbonyl (C=O) groups is 1. The summed E-state index contributed by atoms with van der Waals surface area (Å²) in [7, 11) is 0. The van der Waals surface area contributed by atoms with Gasteiger partial charge in [-0.1, -0.05) is 54.2 Å². The molecule has 7 heteroatoms. The Balaban J connectivity index is 1.28. The average Bonchev–Trinajstić information content (AvgIpc) is 3.46. The Bertz CT molecular complexity index is 1290. The molecule has 0 bridgehead atoms. The number of anilines is 2. The van der Waals surface area contributed by atoms with Gasteiger partial charge in [0.2, 0.25) is 0 Å². The van der Waals surface area contributed by atoms with Crippen LogP contribution in [0.15, 0.2) is 66.7 Å². The van der Waals surface area contributed by atoms with Crippen LogP contribution in [0.2, 0.25) is 0 Å². The summed E-state index contributed by atoms with van der Waals surface area (Å²) in [4.78, 5) is 15.9. The highest BCUT2D eigenvalue weighted by Gasteiger charge is 2.37. The maximum absolute atomic E-state index is 13.4. The summed E-state index contributed by atoms with van der Waals surface area (Å²) >= 11 is 1.40. The lowest BCUT2D eigenvalue weighted by Crippen LogP contribution is -2.23. The molecule has 0 saturated heterocycles. The second-order valence-electron chi connectivity index (χ2n) is 8.44. The number of hydrogen-bond acceptors (Lipinski definition) is 5. The molecule has 0 radical (unpaired) electrons. The molecule has 0 aliphatic heterocycles. The van der Waals surface area contributed by atoms with E-state index in [1.165, 1.54) is 23.5 Å². The second kappa shape index (κ2) is 8.92. The molecule has 1 aromatic heterocycles. The van der Waals surface area contributed by atoms with Crippen LogP contribution in [0.3, 0.4) is 0 Å². The summed E-state index contributed by atoms with van der Waals surface area (Å²) in [5.74, 6) is -1.81. The molecule has 5 nitrogen and oxygen atoms in total. The number of aromatic nitrogens is 1. The third kappa shape index (κ3) is 4.47. The van der Waals surface area contributed by atoms with Gasteiger partial charge in [0.05, 0.1) is 22.2 Å². The Hall–Kier alpha value is -3.29. The zero-order valence-corrected chi connectivity index (χ0v) is 18.6. The van der Waals surface area contributed by atoms with Crippen molar-refractivity contribution in [3.8, 4) is 11.1 Å². The van der Waals surface area contributed by atoms with Crippen molar-refractivity contribution in [3.05, 3.63) is 78.1 Å². The third-order valence-corrected chi connectivity index (χ3v) is 7.30. The largest absolute Gasteiger partial charge is 0.481 e. The van der Waals surface area contributed by atoms with Crippen LogP contribution in [0, 0.1) is 17.7 Å². The van der Waals surface area contributed by atoms with E-state index >= 15 is 0 Å². The minimum Gasteiger partial charge on any atom is -0.481 e. The van der Waals surface area contributed by atoms with Crippen LogP contribution in [0.4, 0.5) is 15.2 Å². The van der Waals surface area contributed by atoms with Crippen LogP contribution in [-0.4, -0.2) is 21.2 Å². The van der Waals surface area contributed by atoms with Crippen LogP contribution in [0.1, 0.15) is 30.9 Å². The molecule has 1 aliphatic rings. The number of halogens is 1. The zero-order chi connectivity index (χ0) is 22.9. The monoisotopic (exact) mass is 462 g/mol. The van der Waals surface area contributed by atoms with E-state index in [1.54, 1.807) is 6.07 Å². The molecule has 1 saturated carbocycles. The fraction of sp³-hybridized carbons (Fsp3) is 0.231. The molecular weight excluding hydrogens is 439 g/mol. The number of aliphatic hydroxyl groups is 1. The van der Waals surface area contributed by atoms with Crippen molar-refractivity contribution in [2.45, 2.75) is 25.4 Å². The lowest BCUT2D eigenvalue weighted by atomic mass is 9.86. The van der Waals surface area contributed by atoms with Crippen LogP contribution < -0.4 is 5.32 Å². The fourth-order valence-corrected chi connectivity index (χ4v) is 5.53. The van der Waals surface area contributed by atoms with E-state index in [1.807, 2.05) is 48.5 Å². The van der Waals surface area contributed by atoms with Crippen LogP contribution in [0.25, 0.3) is 21.3 Å². The number of carboxylic acid groups (broad SMARTS) is 1. The molecule has 4 aromatic rings. The van der Waals surface area contributed by atoms with Crippen molar-refractivity contribution in [2.24, 2.45) is 11.8 Å². The quantitative estimate of drug-likeness (QED) is 0.310. The van der Waals surface area contributed by atoms with Gasteiger partial charge in [-0.05, 0) is 59.9 Å². The van der Waals surface area contributed by atoms with Gasteiger partial charge in [0.1, 0.15) is 5.82 Å². The second-order valence-corrected chi connectivity index (χ2v) is 9.47. The number of nitrogens with one attached hydrogen (secondary N) is 1. The zero-order valence-electron chi connectivity index (χ0n) is 17.7. The third-order valence-electron chi connectivity index (χ3n) is 6.36. The molecule has 1 unspecified atom stereocenters. The van der Waals surface area contributed by atoms with Crippen molar-refractivity contribution in [2.75, 3.05) is 5.32 Å². The van der Waals surface area contributed by atoms with E-state index in [4.69, 9.17) is 0 Å². The molecule has 3 N–H and O–H groups in total.